The van der Waals surface area contributed by atoms with Crippen LogP contribution in [0, 0.1) is 17.8 Å². The van der Waals surface area contributed by atoms with Crippen molar-refractivity contribution >= 4 is 0 Å². The van der Waals surface area contributed by atoms with Crippen LogP contribution in [-0.4, -0.2) is 17.3 Å². The van der Waals surface area contributed by atoms with E-state index >= 15 is 0 Å². The molecule has 5 nitrogen and oxygen atoms in total. The van der Waals surface area contributed by atoms with E-state index in [1.54, 1.807) is 0 Å². The number of azide groups is 1. The normalized spacial score (nSPS) is 22.1. The number of nitrogens with zero attached hydrogens (tertiary/aromatic N) is 3. The Labute approximate surface area is 161 Å². The molecular weight excluding hydrogens is 338 g/mol. The van der Waals surface area contributed by atoms with E-state index in [1.807, 2.05) is 12.1 Å². The number of fused-ring (bicyclic) bond motifs is 3. The Hall–Kier alpha value is -2.57. The molecule has 1 aromatic carbocycles. The van der Waals surface area contributed by atoms with E-state index in [2.05, 4.69) is 48.7 Å². The molecule has 2 aliphatic rings. The molecule has 0 saturated heterocycles. The van der Waals surface area contributed by atoms with Gasteiger partial charge >= 0.3 is 0 Å². The number of hydrogen-bond acceptors (Lipinski definition) is 3. The fourth-order valence-electron chi connectivity index (χ4n) is 4.26. The summed E-state index contributed by atoms with van der Waals surface area (Å²) in [5.41, 5.74) is 11.3. The number of aromatic hydroxyl groups is 1. The maximum absolute atomic E-state index is 10.7. The topological polar surface area (TPSA) is 78.2 Å². The van der Waals surface area contributed by atoms with E-state index in [0.29, 0.717) is 37.0 Å². The average Bonchev–Trinajstić information content (AvgIpc) is 2.59. The van der Waals surface area contributed by atoms with E-state index in [4.69, 9.17) is 10.3 Å². The summed E-state index contributed by atoms with van der Waals surface area (Å²) in [6, 6.07) is 3.87. The second-order valence-electron chi connectivity index (χ2n) is 8.02. The first kappa shape index (κ1) is 19.2. The van der Waals surface area contributed by atoms with Crippen LogP contribution in [-0.2, 0) is 6.42 Å². The van der Waals surface area contributed by atoms with Crippen molar-refractivity contribution in [2.45, 2.75) is 64.4 Å². The van der Waals surface area contributed by atoms with Gasteiger partial charge in [-0.15, -0.1) is 5.92 Å². The Kier molecular flexibility index (Phi) is 5.68. The first-order chi connectivity index (χ1) is 12.9. The van der Waals surface area contributed by atoms with E-state index < -0.39 is 0 Å². The lowest BCUT2D eigenvalue weighted by Gasteiger charge is -2.47. The highest BCUT2D eigenvalue weighted by Crippen LogP contribution is 2.54. The summed E-state index contributed by atoms with van der Waals surface area (Å²) < 4.78 is 6.33. The van der Waals surface area contributed by atoms with Crippen molar-refractivity contribution in [2.75, 3.05) is 6.54 Å². The van der Waals surface area contributed by atoms with Crippen LogP contribution in [0.4, 0.5) is 0 Å². The third kappa shape index (κ3) is 4.23. The lowest BCUT2D eigenvalue weighted by molar-refractivity contribution is 0.00754. The summed E-state index contributed by atoms with van der Waals surface area (Å²) in [4.78, 5) is 2.73. The molecule has 1 unspecified atom stereocenters. The monoisotopic (exact) mass is 365 g/mol. The highest BCUT2D eigenvalue weighted by molar-refractivity contribution is 5.53. The molecule has 0 aromatic heterocycles. The Balaban J connectivity index is 1.79. The Morgan fingerprint density at radius 1 is 1.37 bits per heavy atom. The van der Waals surface area contributed by atoms with Crippen molar-refractivity contribution in [3.05, 3.63) is 45.4 Å². The summed E-state index contributed by atoms with van der Waals surface area (Å²) in [6.45, 7) is 6.94. The lowest BCUT2D eigenvalue weighted by atomic mass is 9.67. The predicted octanol–water partition coefficient (Wildman–Crippen LogP) is 5.64. The van der Waals surface area contributed by atoms with E-state index in [-0.39, 0.29) is 5.60 Å². The highest BCUT2D eigenvalue weighted by Gasteiger charge is 2.45. The second kappa shape index (κ2) is 7.98. The van der Waals surface area contributed by atoms with Crippen molar-refractivity contribution < 1.29 is 9.84 Å². The van der Waals surface area contributed by atoms with Crippen molar-refractivity contribution in [1.29, 1.82) is 0 Å². The van der Waals surface area contributed by atoms with Gasteiger partial charge in [-0.05, 0) is 63.3 Å². The van der Waals surface area contributed by atoms with Crippen LogP contribution in [0.5, 0.6) is 11.5 Å². The molecule has 0 spiro atoms. The van der Waals surface area contributed by atoms with Crippen molar-refractivity contribution in [2.24, 2.45) is 11.0 Å². The fourth-order valence-corrected chi connectivity index (χ4v) is 4.26. The van der Waals surface area contributed by atoms with E-state index in [1.165, 1.54) is 5.57 Å². The van der Waals surface area contributed by atoms with Gasteiger partial charge in [-0.1, -0.05) is 22.7 Å². The number of phenols is 1. The Bertz CT molecular complexity index is 854. The number of rotatable bonds is 4. The van der Waals surface area contributed by atoms with Gasteiger partial charge in [0.05, 0.1) is 0 Å². The number of benzene rings is 1. The first-order valence-electron chi connectivity index (χ1n) is 9.59. The zero-order valence-corrected chi connectivity index (χ0v) is 16.3. The minimum absolute atomic E-state index is 0.257. The zero-order valence-electron chi connectivity index (χ0n) is 16.3. The van der Waals surface area contributed by atoms with Crippen LogP contribution in [0.3, 0.4) is 0 Å². The van der Waals surface area contributed by atoms with Gasteiger partial charge in [0.1, 0.15) is 17.1 Å². The molecule has 0 saturated carbocycles. The highest BCUT2D eigenvalue weighted by atomic mass is 16.5. The third-order valence-corrected chi connectivity index (χ3v) is 5.61. The molecule has 5 heteroatoms. The SMILES string of the molecule is CC1=CC[C@H]2C(C1)c1c(O)cc(CC#CCCCN=[N+]=[N-])cc1OC2(C)C. The lowest BCUT2D eigenvalue weighted by Crippen LogP contribution is -2.45. The molecule has 1 aliphatic heterocycles. The number of allylic oxidation sites excluding steroid dienone is 2. The molecule has 1 aromatic rings. The molecular formula is C22H27N3O2. The number of phenolic OH excluding ortho intramolecular Hbond substituents is 1. The molecule has 0 radical (unpaired) electrons. The van der Waals surface area contributed by atoms with Crippen LogP contribution in [0.25, 0.3) is 10.4 Å². The van der Waals surface area contributed by atoms with Gasteiger partial charge in [-0.3, -0.25) is 0 Å². The van der Waals surface area contributed by atoms with Crippen LogP contribution in [0.1, 0.15) is 63.5 Å². The minimum Gasteiger partial charge on any atom is -0.508 e. The Morgan fingerprint density at radius 3 is 2.96 bits per heavy atom. The van der Waals surface area contributed by atoms with Gasteiger partial charge in [0.25, 0.3) is 0 Å². The molecule has 1 N–H and O–H groups in total. The van der Waals surface area contributed by atoms with Gasteiger partial charge < -0.3 is 9.84 Å². The molecule has 0 bridgehead atoms. The summed E-state index contributed by atoms with van der Waals surface area (Å²) in [7, 11) is 0. The van der Waals surface area contributed by atoms with Crippen LogP contribution >= 0.6 is 0 Å². The van der Waals surface area contributed by atoms with Gasteiger partial charge in [0.15, 0.2) is 0 Å². The second-order valence-corrected chi connectivity index (χ2v) is 8.02. The van der Waals surface area contributed by atoms with Crippen LogP contribution < -0.4 is 4.74 Å². The molecule has 27 heavy (non-hydrogen) atoms. The number of unbranched alkanes of at least 4 members (excludes halogenated alkanes) is 1. The maximum Gasteiger partial charge on any atom is 0.127 e. The van der Waals surface area contributed by atoms with E-state index in [0.717, 1.165) is 36.1 Å². The van der Waals surface area contributed by atoms with Crippen molar-refractivity contribution in [3.8, 4) is 23.3 Å². The number of ether oxygens (including phenoxy) is 1. The predicted molar refractivity (Wildman–Crippen MR) is 107 cm³/mol. The molecule has 3 rings (SSSR count). The van der Waals surface area contributed by atoms with Gasteiger partial charge in [0, 0.05) is 41.7 Å². The standard InChI is InChI=1S/C22H27N3O2/c1-15-9-10-18-17(12-15)21-19(26)13-16(14-20(21)27-22(18,2)3)8-6-4-5-7-11-24-25-23/h9,13-14,17-18,26H,5,7-8,10-12H2,1-3H3/t17?,18-/m0/s1. The summed E-state index contributed by atoms with van der Waals surface area (Å²) >= 11 is 0. The van der Waals surface area contributed by atoms with Crippen molar-refractivity contribution in [1.82, 2.24) is 0 Å². The summed E-state index contributed by atoms with van der Waals surface area (Å²) in [6.07, 6.45) is 6.31. The molecule has 2 atom stereocenters. The first-order valence-corrected chi connectivity index (χ1v) is 9.59. The third-order valence-electron chi connectivity index (χ3n) is 5.61. The smallest absolute Gasteiger partial charge is 0.127 e. The Morgan fingerprint density at radius 2 is 2.19 bits per heavy atom. The molecule has 0 fully saturated rings. The number of hydrogen-bond donors (Lipinski definition) is 1. The minimum atomic E-state index is -0.257. The van der Waals surface area contributed by atoms with Crippen LogP contribution in [0.2, 0.25) is 0 Å². The van der Waals surface area contributed by atoms with Gasteiger partial charge in [-0.25, -0.2) is 0 Å². The maximum atomic E-state index is 10.7. The quantitative estimate of drug-likeness (QED) is 0.187. The zero-order chi connectivity index (χ0) is 19.4. The van der Waals surface area contributed by atoms with E-state index in [9.17, 15) is 5.11 Å². The molecule has 0 amide bonds. The largest absolute Gasteiger partial charge is 0.508 e. The summed E-state index contributed by atoms with van der Waals surface area (Å²) in [5, 5.41) is 14.2. The van der Waals surface area contributed by atoms with Gasteiger partial charge in [0.2, 0.25) is 0 Å². The summed E-state index contributed by atoms with van der Waals surface area (Å²) in [5.74, 6) is 8.04. The molecule has 1 heterocycles. The fraction of sp³-hybridized carbons (Fsp3) is 0.545. The van der Waals surface area contributed by atoms with Crippen LogP contribution in [0.15, 0.2) is 28.9 Å². The van der Waals surface area contributed by atoms with Gasteiger partial charge in [-0.2, -0.15) is 0 Å². The average molecular weight is 365 g/mol. The van der Waals surface area contributed by atoms with Crippen molar-refractivity contribution in [3.63, 3.8) is 0 Å². The molecule has 142 valence electrons. The molecule has 1 aliphatic carbocycles.